The van der Waals surface area contributed by atoms with Crippen LogP contribution in [0.4, 0.5) is 0 Å². The third kappa shape index (κ3) is 2.89. The molecule has 1 aliphatic rings. The lowest BCUT2D eigenvalue weighted by molar-refractivity contribution is -0.119. The molecule has 0 bridgehead atoms. The first-order valence-electron chi connectivity index (χ1n) is 8.81. The van der Waals surface area contributed by atoms with Crippen LogP contribution in [0.25, 0.3) is 30.9 Å². The molecule has 6 nitrogen and oxygen atoms in total. The highest BCUT2D eigenvalue weighted by molar-refractivity contribution is 7.22. The Kier molecular flexibility index (Phi) is 3.91. The van der Waals surface area contributed by atoms with Crippen LogP contribution in [-0.4, -0.2) is 33.3 Å². The van der Waals surface area contributed by atoms with E-state index in [-0.39, 0.29) is 17.9 Å². The Morgan fingerprint density at radius 1 is 1.37 bits per heavy atom. The molecule has 0 saturated carbocycles. The van der Waals surface area contributed by atoms with Crippen LogP contribution in [0, 0.1) is 5.92 Å². The lowest BCUT2D eigenvalue weighted by Crippen LogP contribution is -2.25. The highest BCUT2D eigenvalue weighted by atomic mass is 32.1. The second kappa shape index (κ2) is 6.31. The summed E-state index contributed by atoms with van der Waals surface area (Å²) in [6, 6.07) is 6.37. The van der Waals surface area contributed by atoms with E-state index in [9.17, 15) is 4.79 Å². The summed E-state index contributed by atoms with van der Waals surface area (Å²) in [6.07, 6.45) is 2.38. The van der Waals surface area contributed by atoms with Gasteiger partial charge >= 0.3 is 0 Å². The number of fused-ring (bicyclic) bond motifs is 2. The predicted octanol–water partition coefficient (Wildman–Crippen LogP) is 3.81. The van der Waals surface area contributed by atoms with Gasteiger partial charge in [0.15, 0.2) is 0 Å². The van der Waals surface area contributed by atoms with Gasteiger partial charge in [0, 0.05) is 30.8 Å². The minimum Gasteiger partial charge on any atom is -0.489 e. The molecule has 0 aliphatic carbocycles. The van der Waals surface area contributed by atoms with Gasteiger partial charge in [0.1, 0.15) is 11.9 Å². The first kappa shape index (κ1) is 16.7. The average molecular weight is 399 g/mol. The van der Waals surface area contributed by atoms with E-state index < -0.39 is 0 Å². The van der Waals surface area contributed by atoms with Crippen molar-refractivity contribution in [2.45, 2.75) is 19.4 Å². The van der Waals surface area contributed by atoms with Crippen molar-refractivity contribution in [1.29, 1.82) is 0 Å². The minimum absolute atomic E-state index is 0.0453. The van der Waals surface area contributed by atoms with Gasteiger partial charge in [-0.1, -0.05) is 0 Å². The number of thiophene rings is 1. The average Bonchev–Trinajstić information content (AvgIpc) is 3.40. The zero-order chi connectivity index (χ0) is 18.5. The van der Waals surface area contributed by atoms with E-state index in [1.54, 1.807) is 22.7 Å². The maximum Gasteiger partial charge on any atom is 0.220 e. The molecule has 0 radical (unpaired) electrons. The second-order valence-electron chi connectivity index (χ2n) is 6.89. The van der Waals surface area contributed by atoms with Gasteiger partial charge in [-0.05, 0) is 30.7 Å². The van der Waals surface area contributed by atoms with Crippen molar-refractivity contribution in [1.82, 2.24) is 20.1 Å². The molecule has 3 aromatic heterocycles. The van der Waals surface area contributed by atoms with E-state index >= 15 is 0 Å². The summed E-state index contributed by atoms with van der Waals surface area (Å²) < 4.78 is 10.4. The zero-order valence-corrected chi connectivity index (χ0v) is 16.6. The number of hydrogen-bond donors (Lipinski definition) is 1. The highest BCUT2D eigenvalue weighted by Gasteiger charge is 2.28. The van der Waals surface area contributed by atoms with E-state index in [4.69, 9.17) is 4.74 Å². The van der Waals surface area contributed by atoms with E-state index in [0.717, 1.165) is 31.7 Å². The number of hydrogen-bond acceptors (Lipinski definition) is 6. The molecule has 1 saturated heterocycles. The molecule has 1 fully saturated rings. The van der Waals surface area contributed by atoms with E-state index in [1.165, 1.54) is 4.88 Å². The lowest BCUT2D eigenvalue weighted by atomic mass is 10.0. The second-order valence-corrected chi connectivity index (χ2v) is 8.83. The van der Waals surface area contributed by atoms with Crippen molar-refractivity contribution >= 4 is 49.0 Å². The fraction of sp³-hybridized carbons (Fsp3) is 0.316. The maximum absolute atomic E-state index is 11.5. The molecule has 1 unspecified atom stereocenters. The molecule has 2 atom stereocenters. The maximum atomic E-state index is 11.5. The number of nitrogens with zero attached hydrogens (tertiary/aromatic N) is 3. The van der Waals surface area contributed by atoms with E-state index in [2.05, 4.69) is 33.6 Å². The number of carbonyl (C=O) groups is 1. The summed E-state index contributed by atoms with van der Waals surface area (Å²) in [5, 5.41) is 7.19. The van der Waals surface area contributed by atoms with Gasteiger partial charge in [0.05, 0.1) is 32.1 Å². The largest absolute Gasteiger partial charge is 0.489 e. The summed E-state index contributed by atoms with van der Waals surface area (Å²) in [5.41, 5.74) is 5.01. The molecular weight excluding hydrogens is 380 g/mol. The van der Waals surface area contributed by atoms with Crippen LogP contribution in [0.15, 0.2) is 29.9 Å². The number of ether oxygens (including phenoxy) is 1. The van der Waals surface area contributed by atoms with Crippen molar-refractivity contribution in [3.05, 3.63) is 29.9 Å². The summed E-state index contributed by atoms with van der Waals surface area (Å²) >= 11 is 3.30. The van der Waals surface area contributed by atoms with Crippen molar-refractivity contribution in [2.24, 2.45) is 13.0 Å². The normalized spacial score (nSPS) is 18.3. The summed E-state index contributed by atoms with van der Waals surface area (Å²) in [7, 11) is 1.95. The van der Waals surface area contributed by atoms with Crippen LogP contribution < -0.4 is 10.1 Å². The van der Waals surface area contributed by atoms with Crippen LogP contribution in [0.1, 0.15) is 13.3 Å². The van der Waals surface area contributed by atoms with Crippen LogP contribution in [0.5, 0.6) is 5.75 Å². The quantitative estimate of drug-likeness (QED) is 0.567. The molecule has 1 amide bonds. The fourth-order valence-corrected chi connectivity index (χ4v) is 5.27. The molecule has 8 heteroatoms. The topological polar surface area (TPSA) is 69.0 Å². The Bertz CT molecular complexity index is 1160. The Balaban J connectivity index is 1.53. The minimum atomic E-state index is -0.0453. The van der Waals surface area contributed by atoms with Gasteiger partial charge in [-0.25, -0.2) is 4.98 Å². The SMILES string of the molecule is C[C@@H](Oc1cc(-c2cc3c(cnn3C)s2)cc2ncsc12)C1CNC(=O)C1. The zero-order valence-electron chi connectivity index (χ0n) is 14.9. The van der Waals surface area contributed by atoms with E-state index in [0.29, 0.717) is 13.0 Å². The number of thiazole rings is 1. The monoisotopic (exact) mass is 398 g/mol. The number of rotatable bonds is 4. The predicted molar refractivity (Wildman–Crippen MR) is 108 cm³/mol. The molecule has 138 valence electrons. The Morgan fingerprint density at radius 2 is 2.26 bits per heavy atom. The van der Waals surface area contributed by atoms with Crippen LogP contribution in [0.3, 0.4) is 0 Å². The van der Waals surface area contributed by atoms with Gasteiger partial charge in [0.2, 0.25) is 5.91 Å². The number of nitrogens with one attached hydrogen (secondary N) is 1. The molecule has 27 heavy (non-hydrogen) atoms. The van der Waals surface area contributed by atoms with Crippen molar-refractivity contribution < 1.29 is 9.53 Å². The number of carbonyl (C=O) groups excluding carboxylic acids is 1. The summed E-state index contributed by atoms with van der Waals surface area (Å²) in [6.45, 7) is 2.71. The van der Waals surface area contributed by atoms with Gasteiger partial charge < -0.3 is 10.1 Å². The van der Waals surface area contributed by atoms with Crippen LogP contribution in [0.2, 0.25) is 0 Å². The molecule has 4 aromatic rings. The number of aromatic nitrogens is 3. The third-order valence-electron chi connectivity index (χ3n) is 5.10. The van der Waals surface area contributed by atoms with Gasteiger partial charge in [-0.3, -0.25) is 9.48 Å². The number of benzene rings is 1. The molecular formula is C19H18N4O2S2. The first-order chi connectivity index (χ1) is 13.1. The molecule has 1 N–H and O–H groups in total. The standard InChI is InChI=1S/C19H18N4O2S2/c1-10(12-5-18(24)20-7-12)25-15-4-11(3-13-19(15)26-9-21-13)16-6-14-17(27-16)8-22-23(14)2/h3-4,6,8-10,12H,5,7H2,1-2H3,(H,20,24)/t10-,12?/m1/s1. The smallest absolute Gasteiger partial charge is 0.220 e. The number of aryl methyl sites for hydroxylation is 1. The Hall–Kier alpha value is -2.45. The van der Waals surface area contributed by atoms with Gasteiger partial charge in [-0.2, -0.15) is 5.10 Å². The van der Waals surface area contributed by atoms with E-state index in [1.807, 2.05) is 30.4 Å². The number of amides is 1. The van der Waals surface area contributed by atoms with Gasteiger partial charge in [-0.15, -0.1) is 22.7 Å². The lowest BCUT2D eigenvalue weighted by Gasteiger charge is -2.20. The fourth-order valence-electron chi connectivity index (χ4n) is 3.51. The van der Waals surface area contributed by atoms with Crippen LogP contribution in [-0.2, 0) is 11.8 Å². The first-order valence-corrected chi connectivity index (χ1v) is 10.5. The van der Waals surface area contributed by atoms with Crippen molar-refractivity contribution in [3.8, 4) is 16.2 Å². The Morgan fingerprint density at radius 3 is 3.04 bits per heavy atom. The highest BCUT2D eigenvalue weighted by Crippen LogP contribution is 2.39. The van der Waals surface area contributed by atoms with Crippen LogP contribution >= 0.6 is 22.7 Å². The summed E-state index contributed by atoms with van der Waals surface area (Å²) in [4.78, 5) is 17.2. The van der Waals surface area contributed by atoms with Crippen molar-refractivity contribution in [3.63, 3.8) is 0 Å². The molecule has 0 spiro atoms. The third-order valence-corrected chi connectivity index (χ3v) is 7.07. The summed E-state index contributed by atoms with van der Waals surface area (Å²) in [5.74, 6) is 1.14. The Labute approximate surface area is 163 Å². The molecule has 1 aliphatic heterocycles. The van der Waals surface area contributed by atoms with Gasteiger partial charge in [0.25, 0.3) is 0 Å². The van der Waals surface area contributed by atoms with Crippen molar-refractivity contribution in [2.75, 3.05) is 6.54 Å². The molecule has 5 rings (SSSR count). The molecule has 4 heterocycles. The molecule has 1 aromatic carbocycles.